The van der Waals surface area contributed by atoms with E-state index in [-0.39, 0.29) is 12.2 Å². The summed E-state index contributed by atoms with van der Waals surface area (Å²) in [6.45, 7) is 7.32. The van der Waals surface area contributed by atoms with E-state index in [0.29, 0.717) is 17.1 Å². The number of para-hydroxylation sites is 1. The van der Waals surface area contributed by atoms with Crippen LogP contribution in [0, 0.1) is 0 Å². The topological polar surface area (TPSA) is 69.7 Å². The second-order valence-electron chi connectivity index (χ2n) is 6.35. The van der Waals surface area contributed by atoms with Gasteiger partial charge in [0, 0.05) is 11.8 Å². The van der Waals surface area contributed by atoms with Crippen LogP contribution in [-0.2, 0) is 13.6 Å². The van der Waals surface area contributed by atoms with E-state index in [0.717, 1.165) is 0 Å². The predicted molar refractivity (Wildman–Crippen MR) is 104 cm³/mol. The molecule has 0 saturated carbocycles. The average molecular weight is 378 g/mol. The second kappa shape index (κ2) is 9.17. The monoisotopic (exact) mass is 378 g/mol. The standard InChI is InChI=1S/C19H27N2O4P/c1-14(2)24-26(22,25-15(3)4)19(21-18-12-8-9-13-20-18)16-10-6-7-11-17(16)23-5/h6-15,19H,1-5H3,(H,20,21)/t19-/m0/s1. The molecule has 0 fully saturated rings. The van der Waals surface area contributed by atoms with Gasteiger partial charge in [0.2, 0.25) is 0 Å². The number of benzene rings is 1. The lowest BCUT2D eigenvalue weighted by Crippen LogP contribution is -2.20. The summed E-state index contributed by atoms with van der Waals surface area (Å²) in [7, 11) is -2.02. The third-order valence-electron chi connectivity index (χ3n) is 3.41. The molecule has 0 radical (unpaired) electrons. The van der Waals surface area contributed by atoms with Gasteiger partial charge in [-0.15, -0.1) is 0 Å². The minimum absolute atomic E-state index is 0.276. The fraction of sp³-hybridized carbons (Fsp3) is 0.421. The number of anilines is 1. The summed E-state index contributed by atoms with van der Waals surface area (Å²) >= 11 is 0. The van der Waals surface area contributed by atoms with Gasteiger partial charge in [-0.2, -0.15) is 0 Å². The Morgan fingerprint density at radius 2 is 1.58 bits per heavy atom. The van der Waals surface area contributed by atoms with E-state index in [4.69, 9.17) is 13.8 Å². The molecule has 142 valence electrons. The van der Waals surface area contributed by atoms with Gasteiger partial charge in [0.1, 0.15) is 11.6 Å². The van der Waals surface area contributed by atoms with Crippen LogP contribution in [0.1, 0.15) is 39.0 Å². The van der Waals surface area contributed by atoms with Crippen molar-refractivity contribution in [2.75, 3.05) is 12.4 Å². The molecule has 0 saturated heterocycles. The molecular weight excluding hydrogens is 351 g/mol. The van der Waals surface area contributed by atoms with Crippen molar-refractivity contribution in [3.05, 3.63) is 54.2 Å². The van der Waals surface area contributed by atoms with Crippen LogP contribution in [0.2, 0.25) is 0 Å². The van der Waals surface area contributed by atoms with Crippen LogP contribution in [0.25, 0.3) is 0 Å². The average Bonchev–Trinajstić information content (AvgIpc) is 2.59. The van der Waals surface area contributed by atoms with Crippen molar-refractivity contribution in [1.29, 1.82) is 0 Å². The van der Waals surface area contributed by atoms with Gasteiger partial charge < -0.3 is 19.1 Å². The highest BCUT2D eigenvalue weighted by molar-refractivity contribution is 7.54. The van der Waals surface area contributed by atoms with Crippen LogP contribution in [0.3, 0.4) is 0 Å². The molecule has 0 unspecified atom stereocenters. The Bertz CT molecular complexity index is 723. The second-order valence-corrected chi connectivity index (χ2v) is 8.37. The first kappa shape index (κ1) is 20.4. The molecule has 0 aliphatic carbocycles. The molecule has 1 heterocycles. The quantitative estimate of drug-likeness (QED) is 0.602. The Labute approximate surface area is 155 Å². The Balaban J connectivity index is 2.54. The number of methoxy groups -OCH3 is 1. The molecule has 0 bridgehead atoms. The number of aromatic nitrogens is 1. The number of hydrogen-bond acceptors (Lipinski definition) is 6. The predicted octanol–water partition coefficient (Wildman–Crippen LogP) is 5.24. The Morgan fingerprint density at radius 1 is 0.962 bits per heavy atom. The smallest absolute Gasteiger partial charge is 0.357 e. The molecule has 2 rings (SSSR count). The third-order valence-corrected chi connectivity index (χ3v) is 5.89. The van der Waals surface area contributed by atoms with Crippen molar-refractivity contribution in [3.63, 3.8) is 0 Å². The maximum absolute atomic E-state index is 13.8. The highest BCUT2D eigenvalue weighted by atomic mass is 31.2. The number of ether oxygens (including phenoxy) is 1. The molecule has 0 spiro atoms. The zero-order chi connectivity index (χ0) is 19.2. The Hall–Kier alpha value is -1.88. The number of rotatable bonds is 9. The molecule has 1 atom stereocenters. The van der Waals surface area contributed by atoms with Crippen LogP contribution >= 0.6 is 7.60 Å². The summed E-state index contributed by atoms with van der Waals surface area (Å²) < 4.78 is 30.9. The minimum Gasteiger partial charge on any atom is -0.496 e. The molecule has 0 aliphatic heterocycles. The first-order chi connectivity index (χ1) is 12.4. The van der Waals surface area contributed by atoms with E-state index in [1.54, 1.807) is 19.4 Å². The highest BCUT2D eigenvalue weighted by Crippen LogP contribution is 2.63. The zero-order valence-electron chi connectivity index (χ0n) is 15.9. The molecule has 2 aromatic rings. The maximum Gasteiger partial charge on any atom is 0.357 e. The summed E-state index contributed by atoms with van der Waals surface area (Å²) in [5, 5.41) is 3.22. The van der Waals surface area contributed by atoms with Crippen molar-refractivity contribution >= 4 is 13.4 Å². The van der Waals surface area contributed by atoms with E-state index in [9.17, 15) is 4.57 Å². The molecule has 6 nitrogen and oxygen atoms in total. The lowest BCUT2D eigenvalue weighted by Gasteiger charge is -2.31. The first-order valence-electron chi connectivity index (χ1n) is 8.62. The first-order valence-corrected chi connectivity index (χ1v) is 10.2. The summed E-state index contributed by atoms with van der Waals surface area (Å²) in [6.07, 6.45) is 1.11. The Morgan fingerprint density at radius 3 is 2.12 bits per heavy atom. The number of pyridine rings is 1. The van der Waals surface area contributed by atoms with Crippen LogP contribution < -0.4 is 10.1 Å². The molecule has 1 aromatic carbocycles. The largest absolute Gasteiger partial charge is 0.496 e. The lowest BCUT2D eigenvalue weighted by molar-refractivity contribution is 0.137. The number of nitrogens with one attached hydrogen (secondary N) is 1. The van der Waals surface area contributed by atoms with Crippen molar-refractivity contribution in [2.45, 2.75) is 45.7 Å². The van der Waals surface area contributed by atoms with E-state index in [2.05, 4.69) is 10.3 Å². The van der Waals surface area contributed by atoms with Crippen molar-refractivity contribution in [2.24, 2.45) is 0 Å². The van der Waals surface area contributed by atoms with Gasteiger partial charge in [0.25, 0.3) is 0 Å². The fourth-order valence-electron chi connectivity index (χ4n) is 2.54. The van der Waals surface area contributed by atoms with Crippen LogP contribution in [-0.4, -0.2) is 24.3 Å². The van der Waals surface area contributed by atoms with Gasteiger partial charge in [0.05, 0.1) is 19.3 Å². The third kappa shape index (κ3) is 5.31. The summed E-state index contributed by atoms with van der Waals surface area (Å²) in [5.74, 6) is 0.405. The van der Waals surface area contributed by atoms with E-state index < -0.39 is 13.4 Å². The summed E-state index contributed by atoms with van der Waals surface area (Å²) in [4.78, 5) is 4.29. The highest BCUT2D eigenvalue weighted by Gasteiger charge is 2.41. The van der Waals surface area contributed by atoms with Crippen LogP contribution in [0.5, 0.6) is 5.75 Å². The van der Waals surface area contributed by atoms with E-state index in [1.807, 2.05) is 64.1 Å². The molecule has 7 heteroatoms. The van der Waals surface area contributed by atoms with Crippen molar-refractivity contribution < 1.29 is 18.3 Å². The Kier molecular flexibility index (Phi) is 7.21. The van der Waals surface area contributed by atoms with E-state index >= 15 is 0 Å². The van der Waals surface area contributed by atoms with E-state index in [1.165, 1.54) is 0 Å². The molecule has 0 aliphatic rings. The van der Waals surface area contributed by atoms with Crippen LogP contribution in [0.15, 0.2) is 48.7 Å². The summed E-state index contributed by atoms with van der Waals surface area (Å²) in [5.41, 5.74) is 0.685. The minimum atomic E-state index is -3.60. The van der Waals surface area contributed by atoms with Crippen molar-refractivity contribution in [3.8, 4) is 5.75 Å². The lowest BCUT2D eigenvalue weighted by atomic mass is 10.2. The van der Waals surface area contributed by atoms with Crippen LogP contribution in [0.4, 0.5) is 5.82 Å². The summed E-state index contributed by atoms with van der Waals surface area (Å²) in [6, 6.07) is 12.9. The normalized spacial score (nSPS) is 13.0. The molecule has 1 N–H and O–H groups in total. The molecule has 1 aromatic heterocycles. The van der Waals surface area contributed by atoms with Gasteiger partial charge in [-0.25, -0.2) is 4.98 Å². The fourth-order valence-corrected chi connectivity index (χ4v) is 4.85. The SMILES string of the molecule is COc1ccccc1[C@@H](Nc1ccccn1)P(=O)(OC(C)C)OC(C)C. The van der Waals surface area contributed by atoms with Gasteiger partial charge in [0.15, 0.2) is 5.78 Å². The number of hydrogen-bond donors (Lipinski definition) is 1. The molecule has 0 amide bonds. The number of nitrogens with zero attached hydrogens (tertiary/aromatic N) is 1. The van der Waals surface area contributed by atoms with Gasteiger partial charge in [-0.05, 0) is 45.9 Å². The van der Waals surface area contributed by atoms with Crippen molar-refractivity contribution in [1.82, 2.24) is 4.98 Å². The molecular formula is C19H27N2O4P. The molecule has 26 heavy (non-hydrogen) atoms. The zero-order valence-corrected chi connectivity index (χ0v) is 16.8. The van der Waals surface area contributed by atoms with Gasteiger partial charge in [-0.1, -0.05) is 24.3 Å². The van der Waals surface area contributed by atoms with Gasteiger partial charge in [-0.3, -0.25) is 4.57 Å². The maximum atomic E-state index is 13.8. The van der Waals surface area contributed by atoms with Gasteiger partial charge >= 0.3 is 7.60 Å².